The van der Waals surface area contributed by atoms with Crippen molar-refractivity contribution in [1.29, 1.82) is 0 Å². The number of carbonyl (C=O) groups is 3. The second kappa shape index (κ2) is 8.47. The predicted molar refractivity (Wildman–Crippen MR) is 82.0 cm³/mol. The van der Waals surface area contributed by atoms with Gasteiger partial charge in [-0.15, -0.1) is 0 Å². The summed E-state index contributed by atoms with van der Waals surface area (Å²) in [6.07, 6.45) is 1.37. The Kier molecular flexibility index (Phi) is 6.07. The van der Waals surface area contributed by atoms with Crippen molar-refractivity contribution in [1.82, 2.24) is 16.2 Å². The molecular formula is C16H16FN3O4. The molecule has 1 aromatic carbocycles. The molecule has 0 aliphatic rings. The van der Waals surface area contributed by atoms with E-state index in [9.17, 15) is 18.8 Å². The first-order valence-electron chi connectivity index (χ1n) is 7.18. The normalized spacial score (nSPS) is 10.0. The fourth-order valence-electron chi connectivity index (χ4n) is 1.82. The van der Waals surface area contributed by atoms with E-state index in [1.165, 1.54) is 36.6 Å². The van der Waals surface area contributed by atoms with Crippen molar-refractivity contribution in [2.75, 3.05) is 6.54 Å². The summed E-state index contributed by atoms with van der Waals surface area (Å²) in [6.45, 7) is 0.0964. The Morgan fingerprint density at radius 2 is 1.71 bits per heavy atom. The van der Waals surface area contributed by atoms with Gasteiger partial charge < -0.3 is 9.73 Å². The highest BCUT2D eigenvalue weighted by Crippen LogP contribution is 2.03. The molecule has 2 aromatic rings. The summed E-state index contributed by atoms with van der Waals surface area (Å²) in [6, 6.07) is 8.57. The maximum Gasteiger partial charge on any atom is 0.286 e. The van der Waals surface area contributed by atoms with Crippen LogP contribution in [0.1, 0.15) is 22.5 Å². The number of amides is 3. The Hall–Kier alpha value is -3.16. The molecule has 1 aromatic heterocycles. The van der Waals surface area contributed by atoms with E-state index in [0.29, 0.717) is 5.56 Å². The lowest BCUT2D eigenvalue weighted by molar-refractivity contribution is -0.128. The first kappa shape index (κ1) is 17.2. The Bertz CT molecular complexity index is 699. The number of furan rings is 1. The van der Waals surface area contributed by atoms with Crippen LogP contribution in [0.5, 0.6) is 0 Å². The van der Waals surface area contributed by atoms with Crippen LogP contribution in [0.15, 0.2) is 47.1 Å². The molecule has 0 bridgehead atoms. The topological polar surface area (TPSA) is 100 Å². The van der Waals surface area contributed by atoms with Crippen molar-refractivity contribution >= 4 is 17.7 Å². The minimum absolute atomic E-state index is 0.00971. The van der Waals surface area contributed by atoms with Crippen LogP contribution in [0.3, 0.4) is 0 Å². The number of hydrogen-bond acceptors (Lipinski definition) is 4. The number of nitrogens with one attached hydrogen (secondary N) is 3. The minimum Gasteiger partial charge on any atom is -0.459 e. The summed E-state index contributed by atoms with van der Waals surface area (Å²) >= 11 is 0. The highest BCUT2D eigenvalue weighted by Gasteiger charge is 2.09. The van der Waals surface area contributed by atoms with Crippen molar-refractivity contribution in [2.45, 2.75) is 12.8 Å². The second-order valence-electron chi connectivity index (χ2n) is 4.88. The number of hydrazine groups is 1. The van der Waals surface area contributed by atoms with Gasteiger partial charge in [0.05, 0.1) is 12.7 Å². The van der Waals surface area contributed by atoms with E-state index in [0.717, 1.165) is 0 Å². The minimum atomic E-state index is -0.456. The summed E-state index contributed by atoms with van der Waals surface area (Å²) in [5.41, 5.74) is 5.10. The Balaban J connectivity index is 1.63. The highest BCUT2D eigenvalue weighted by molar-refractivity contribution is 5.91. The third-order valence-electron chi connectivity index (χ3n) is 3.00. The van der Waals surface area contributed by atoms with Crippen molar-refractivity contribution in [2.24, 2.45) is 0 Å². The van der Waals surface area contributed by atoms with Crippen LogP contribution in [0.4, 0.5) is 4.39 Å². The monoisotopic (exact) mass is 333 g/mol. The summed E-state index contributed by atoms with van der Waals surface area (Å²) in [7, 11) is 0. The van der Waals surface area contributed by atoms with Gasteiger partial charge in [-0.05, 0) is 29.8 Å². The Labute approximate surface area is 137 Å². The van der Waals surface area contributed by atoms with E-state index in [2.05, 4.69) is 16.2 Å². The SMILES string of the molecule is O=C(CCNC(=O)c1ccco1)NNC(=O)Cc1ccc(F)cc1. The fourth-order valence-corrected chi connectivity index (χ4v) is 1.82. The van der Waals surface area contributed by atoms with Gasteiger partial charge in [0.25, 0.3) is 5.91 Å². The van der Waals surface area contributed by atoms with E-state index in [1.807, 2.05) is 0 Å². The lowest BCUT2D eigenvalue weighted by Gasteiger charge is -2.08. The van der Waals surface area contributed by atoms with Gasteiger partial charge in [0.15, 0.2) is 5.76 Å². The maximum atomic E-state index is 12.7. The van der Waals surface area contributed by atoms with E-state index in [1.54, 1.807) is 6.07 Å². The molecule has 3 N–H and O–H groups in total. The van der Waals surface area contributed by atoms with Gasteiger partial charge in [0.2, 0.25) is 11.8 Å². The zero-order chi connectivity index (χ0) is 17.4. The third kappa shape index (κ3) is 5.56. The van der Waals surface area contributed by atoms with Gasteiger partial charge in [0.1, 0.15) is 5.82 Å². The molecule has 0 saturated heterocycles. The van der Waals surface area contributed by atoms with Gasteiger partial charge in [-0.3, -0.25) is 25.2 Å². The predicted octanol–water partition coefficient (Wildman–Crippen LogP) is 0.929. The van der Waals surface area contributed by atoms with Gasteiger partial charge in [-0.2, -0.15) is 0 Å². The van der Waals surface area contributed by atoms with Crippen LogP contribution in [-0.4, -0.2) is 24.3 Å². The largest absolute Gasteiger partial charge is 0.459 e. The number of benzene rings is 1. The molecule has 0 fully saturated rings. The molecular weight excluding hydrogens is 317 g/mol. The molecule has 0 radical (unpaired) electrons. The van der Waals surface area contributed by atoms with Crippen LogP contribution in [-0.2, 0) is 16.0 Å². The summed E-state index contributed by atoms with van der Waals surface area (Å²) in [5, 5.41) is 2.51. The smallest absolute Gasteiger partial charge is 0.286 e. The summed E-state index contributed by atoms with van der Waals surface area (Å²) in [5.74, 6) is -1.54. The molecule has 0 aliphatic heterocycles. The Morgan fingerprint density at radius 1 is 1.00 bits per heavy atom. The molecule has 2 rings (SSSR count). The lowest BCUT2D eigenvalue weighted by Crippen LogP contribution is -2.43. The summed E-state index contributed by atoms with van der Waals surface area (Å²) in [4.78, 5) is 34.7. The Morgan fingerprint density at radius 3 is 2.38 bits per heavy atom. The molecule has 0 aliphatic carbocycles. The molecule has 126 valence electrons. The third-order valence-corrected chi connectivity index (χ3v) is 3.00. The van der Waals surface area contributed by atoms with Gasteiger partial charge in [-0.1, -0.05) is 12.1 Å². The van der Waals surface area contributed by atoms with Crippen molar-refractivity contribution in [3.63, 3.8) is 0 Å². The van der Waals surface area contributed by atoms with Crippen molar-refractivity contribution < 1.29 is 23.2 Å². The van der Waals surface area contributed by atoms with Gasteiger partial charge in [-0.25, -0.2) is 4.39 Å². The first-order valence-corrected chi connectivity index (χ1v) is 7.18. The maximum absolute atomic E-state index is 12.7. The molecule has 0 unspecified atom stereocenters. The molecule has 0 saturated carbocycles. The molecule has 7 nitrogen and oxygen atoms in total. The van der Waals surface area contributed by atoms with Crippen LogP contribution < -0.4 is 16.2 Å². The second-order valence-corrected chi connectivity index (χ2v) is 4.88. The number of carbonyl (C=O) groups excluding carboxylic acids is 3. The molecule has 1 heterocycles. The standard InChI is InChI=1S/C16H16FN3O4/c17-12-5-3-11(4-6-12)10-15(22)20-19-14(21)7-8-18-16(23)13-2-1-9-24-13/h1-6,9H,7-8,10H2,(H,18,23)(H,19,21)(H,20,22). The van der Waals surface area contributed by atoms with Crippen molar-refractivity contribution in [3.05, 3.63) is 59.8 Å². The zero-order valence-corrected chi connectivity index (χ0v) is 12.7. The average molecular weight is 333 g/mol. The van der Waals surface area contributed by atoms with E-state index < -0.39 is 17.7 Å². The van der Waals surface area contributed by atoms with E-state index in [-0.39, 0.29) is 31.0 Å². The lowest BCUT2D eigenvalue weighted by atomic mass is 10.1. The molecule has 0 atom stereocenters. The first-order chi connectivity index (χ1) is 11.5. The van der Waals surface area contributed by atoms with Crippen LogP contribution in [0.25, 0.3) is 0 Å². The number of halogens is 1. The molecule has 24 heavy (non-hydrogen) atoms. The molecule has 3 amide bonds. The van der Waals surface area contributed by atoms with Gasteiger partial charge in [0, 0.05) is 13.0 Å². The number of rotatable bonds is 6. The quantitative estimate of drug-likeness (QED) is 0.685. The van der Waals surface area contributed by atoms with E-state index in [4.69, 9.17) is 4.42 Å². The van der Waals surface area contributed by atoms with Crippen molar-refractivity contribution in [3.8, 4) is 0 Å². The highest BCUT2D eigenvalue weighted by atomic mass is 19.1. The van der Waals surface area contributed by atoms with Crippen LogP contribution in [0, 0.1) is 5.82 Å². The fraction of sp³-hybridized carbons (Fsp3) is 0.188. The molecule has 8 heteroatoms. The van der Waals surface area contributed by atoms with E-state index >= 15 is 0 Å². The molecule has 0 spiro atoms. The average Bonchev–Trinajstić information content (AvgIpc) is 3.10. The number of hydrogen-bond donors (Lipinski definition) is 3. The van der Waals surface area contributed by atoms with Crippen LogP contribution in [0.2, 0.25) is 0 Å². The summed E-state index contributed by atoms with van der Waals surface area (Å²) < 4.78 is 17.7. The zero-order valence-electron chi connectivity index (χ0n) is 12.7. The van der Waals surface area contributed by atoms with Crippen LogP contribution >= 0.6 is 0 Å². The van der Waals surface area contributed by atoms with Gasteiger partial charge >= 0.3 is 0 Å².